The van der Waals surface area contributed by atoms with Gasteiger partial charge >= 0.3 is 12.0 Å². The first-order valence-corrected chi connectivity index (χ1v) is 5.01. The van der Waals surface area contributed by atoms with Crippen molar-refractivity contribution in [1.29, 1.82) is 0 Å². The first-order chi connectivity index (χ1) is 7.66. The van der Waals surface area contributed by atoms with Crippen molar-refractivity contribution in [1.82, 2.24) is 10.2 Å². The van der Waals surface area contributed by atoms with Crippen molar-refractivity contribution in [3.05, 3.63) is 35.4 Å². The van der Waals surface area contributed by atoms with E-state index in [1.54, 1.807) is 0 Å². The van der Waals surface area contributed by atoms with E-state index in [1.807, 2.05) is 24.1 Å². The molecule has 0 aliphatic carbocycles. The van der Waals surface area contributed by atoms with E-state index in [1.165, 1.54) is 11.1 Å². The molecule has 0 saturated heterocycles. The number of rotatable bonds is 3. The molecular weight excluding hydrogens is 204 g/mol. The summed E-state index contributed by atoms with van der Waals surface area (Å²) in [4.78, 5) is 1.87. The van der Waals surface area contributed by atoms with Gasteiger partial charge in [-0.05, 0) is 18.1 Å². The third kappa shape index (κ3) is 2.13. The van der Waals surface area contributed by atoms with E-state index >= 15 is 0 Å². The van der Waals surface area contributed by atoms with Gasteiger partial charge in [0.15, 0.2) is 0 Å². The molecule has 2 N–H and O–H groups in total. The first kappa shape index (κ1) is 10.5. The molecule has 2 aromatic rings. The van der Waals surface area contributed by atoms with Gasteiger partial charge in [-0.1, -0.05) is 34.5 Å². The Balaban J connectivity index is 2.13. The molecule has 0 saturated carbocycles. The summed E-state index contributed by atoms with van der Waals surface area (Å²) in [5, 5.41) is 7.45. The van der Waals surface area contributed by atoms with E-state index < -0.39 is 0 Å². The lowest BCUT2D eigenvalue weighted by Crippen LogP contribution is -2.17. The van der Waals surface area contributed by atoms with Gasteiger partial charge in [-0.2, -0.15) is 0 Å². The quantitative estimate of drug-likeness (QED) is 0.847. The van der Waals surface area contributed by atoms with Gasteiger partial charge in [0.2, 0.25) is 0 Å². The molecule has 0 amide bonds. The smallest absolute Gasteiger partial charge is 0.319 e. The molecule has 1 aromatic heterocycles. The zero-order chi connectivity index (χ0) is 11.5. The Labute approximate surface area is 93.9 Å². The normalized spacial score (nSPS) is 10.4. The van der Waals surface area contributed by atoms with Crippen LogP contribution in [0.2, 0.25) is 0 Å². The molecule has 1 aromatic carbocycles. The SMILES string of the molecule is Cc1ccccc1CN(C)c1nnc(N)o1. The minimum atomic E-state index is 0.0895. The number of anilines is 2. The summed E-state index contributed by atoms with van der Waals surface area (Å²) in [5.41, 5.74) is 7.83. The maximum atomic E-state index is 5.37. The molecule has 0 spiro atoms. The van der Waals surface area contributed by atoms with Crippen LogP contribution in [-0.2, 0) is 6.54 Å². The molecule has 5 nitrogen and oxygen atoms in total. The molecule has 5 heteroatoms. The topological polar surface area (TPSA) is 68.2 Å². The lowest BCUT2D eigenvalue weighted by atomic mass is 10.1. The van der Waals surface area contributed by atoms with Crippen LogP contribution in [0, 0.1) is 6.92 Å². The van der Waals surface area contributed by atoms with Crippen LogP contribution in [-0.4, -0.2) is 17.2 Å². The minimum Gasteiger partial charge on any atom is -0.390 e. The van der Waals surface area contributed by atoms with Gasteiger partial charge < -0.3 is 15.1 Å². The summed E-state index contributed by atoms with van der Waals surface area (Å²) >= 11 is 0. The lowest BCUT2D eigenvalue weighted by molar-refractivity contribution is 0.559. The Morgan fingerprint density at radius 2 is 2.06 bits per heavy atom. The highest BCUT2D eigenvalue weighted by Crippen LogP contribution is 2.16. The van der Waals surface area contributed by atoms with E-state index in [0.29, 0.717) is 12.6 Å². The number of aryl methyl sites for hydroxylation is 1. The summed E-state index contributed by atoms with van der Waals surface area (Å²) in [6, 6.07) is 8.70. The second-order valence-corrected chi connectivity index (χ2v) is 3.71. The molecule has 0 aliphatic heterocycles. The number of nitrogens with zero attached hydrogens (tertiary/aromatic N) is 3. The van der Waals surface area contributed by atoms with Crippen molar-refractivity contribution in [2.24, 2.45) is 0 Å². The van der Waals surface area contributed by atoms with Crippen molar-refractivity contribution >= 4 is 12.0 Å². The van der Waals surface area contributed by atoms with Gasteiger partial charge in [0.25, 0.3) is 0 Å². The molecule has 0 atom stereocenters. The van der Waals surface area contributed by atoms with Gasteiger partial charge in [-0.15, -0.1) is 0 Å². The molecule has 84 valence electrons. The lowest BCUT2D eigenvalue weighted by Gasteiger charge is -2.15. The van der Waals surface area contributed by atoms with Gasteiger partial charge in [0.05, 0.1) is 0 Å². The van der Waals surface area contributed by atoms with Crippen LogP contribution < -0.4 is 10.6 Å². The third-order valence-electron chi connectivity index (χ3n) is 2.43. The molecule has 1 heterocycles. The van der Waals surface area contributed by atoms with Gasteiger partial charge in [-0.25, -0.2) is 0 Å². The fourth-order valence-electron chi connectivity index (χ4n) is 1.49. The molecule has 0 radical (unpaired) electrons. The minimum absolute atomic E-state index is 0.0895. The summed E-state index contributed by atoms with van der Waals surface area (Å²) in [5.74, 6) is 0. The van der Waals surface area contributed by atoms with Crippen molar-refractivity contribution in [3.8, 4) is 0 Å². The summed E-state index contributed by atoms with van der Waals surface area (Å²) < 4.78 is 5.14. The molecule has 0 fully saturated rings. The van der Waals surface area contributed by atoms with Crippen LogP contribution in [0.15, 0.2) is 28.7 Å². The van der Waals surface area contributed by atoms with Crippen molar-refractivity contribution in [3.63, 3.8) is 0 Å². The zero-order valence-electron chi connectivity index (χ0n) is 9.34. The number of aromatic nitrogens is 2. The van der Waals surface area contributed by atoms with Crippen LogP contribution >= 0.6 is 0 Å². The Morgan fingerprint density at radius 3 is 2.69 bits per heavy atom. The fourth-order valence-corrected chi connectivity index (χ4v) is 1.49. The molecule has 0 unspecified atom stereocenters. The van der Waals surface area contributed by atoms with Gasteiger partial charge in [0, 0.05) is 13.6 Å². The highest BCUT2D eigenvalue weighted by molar-refractivity contribution is 5.33. The summed E-state index contributed by atoms with van der Waals surface area (Å²) in [7, 11) is 1.89. The molecule has 0 aliphatic rings. The van der Waals surface area contributed by atoms with Crippen LogP contribution in [0.25, 0.3) is 0 Å². The third-order valence-corrected chi connectivity index (χ3v) is 2.43. The number of hydrogen-bond donors (Lipinski definition) is 1. The Hall–Kier alpha value is -2.04. The second-order valence-electron chi connectivity index (χ2n) is 3.71. The standard InChI is InChI=1S/C11H14N4O/c1-8-5-3-4-6-9(8)7-15(2)11-14-13-10(12)16-11/h3-6H,7H2,1-2H3,(H2,12,13). The first-order valence-electron chi connectivity index (χ1n) is 5.01. The fraction of sp³-hybridized carbons (Fsp3) is 0.273. The van der Waals surface area contributed by atoms with E-state index in [9.17, 15) is 0 Å². The number of nitrogens with two attached hydrogens (primary N) is 1. The largest absolute Gasteiger partial charge is 0.390 e. The van der Waals surface area contributed by atoms with Crippen molar-refractivity contribution < 1.29 is 4.42 Å². The van der Waals surface area contributed by atoms with Gasteiger partial charge in [-0.3, -0.25) is 0 Å². The van der Waals surface area contributed by atoms with Crippen LogP contribution in [0.5, 0.6) is 0 Å². The predicted molar refractivity (Wildman–Crippen MR) is 62.0 cm³/mol. The average Bonchev–Trinajstić information content (AvgIpc) is 2.68. The predicted octanol–water partition coefficient (Wildman–Crippen LogP) is 1.60. The highest BCUT2D eigenvalue weighted by atomic mass is 16.4. The highest BCUT2D eigenvalue weighted by Gasteiger charge is 2.10. The molecule has 0 bridgehead atoms. The van der Waals surface area contributed by atoms with Crippen LogP contribution in [0.3, 0.4) is 0 Å². The van der Waals surface area contributed by atoms with E-state index in [2.05, 4.69) is 29.3 Å². The maximum absolute atomic E-state index is 5.37. The second kappa shape index (κ2) is 4.22. The molecule has 16 heavy (non-hydrogen) atoms. The van der Waals surface area contributed by atoms with E-state index in [4.69, 9.17) is 10.2 Å². The summed E-state index contributed by atoms with van der Waals surface area (Å²) in [6.45, 7) is 2.79. The number of hydrogen-bond acceptors (Lipinski definition) is 5. The van der Waals surface area contributed by atoms with Crippen molar-refractivity contribution in [2.75, 3.05) is 17.7 Å². The Kier molecular flexibility index (Phi) is 2.76. The molecule has 2 rings (SSSR count). The average molecular weight is 218 g/mol. The molecular formula is C11H14N4O. The van der Waals surface area contributed by atoms with Crippen molar-refractivity contribution in [2.45, 2.75) is 13.5 Å². The number of nitrogen functional groups attached to an aromatic ring is 1. The maximum Gasteiger partial charge on any atom is 0.319 e. The number of benzene rings is 1. The Morgan fingerprint density at radius 1 is 1.31 bits per heavy atom. The van der Waals surface area contributed by atoms with Crippen LogP contribution in [0.4, 0.5) is 12.0 Å². The Bertz CT molecular complexity index is 480. The monoisotopic (exact) mass is 218 g/mol. The summed E-state index contributed by atoms with van der Waals surface area (Å²) in [6.07, 6.45) is 0. The van der Waals surface area contributed by atoms with E-state index in [-0.39, 0.29) is 6.01 Å². The van der Waals surface area contributed by atoms with Gasteiger partial charge in [0.1, 0.15) is 0 Å². The zero-order valence-corrected chi connectivity index (χ0v) is 9.34. The van der Waals surface area contributed by atoms with E-state index in [0.717, 1.165) is 0 Å². The van der Waals surface area contributed by atoms with Crippen LogP contribution in [0.1, 0.15) is 11.1 Å².